The number of hydrogen-bond acceptors (Lipinski definition) is 3. The fourth-order valence-corrected chi connectivity index (χ4v) is 2.41. The van der Waals surface area contributed by atoms with Gasteiger partial charge in [-0.2, -0.15) is 5.26 Å². The van der Waals surface area contributed by atoms with Crippen molar-refractivity contribution < 1.29 is 0 Å². The number of nitrogens with zero attached hydrogens (tertiary/aromatic N) is 2. The van der Waals surface area contributed by atoms with E-state index in [1.54, 1.807) is 0 Å². The van der Waals surface area contributed by atoms with Crippen LogP contribution >= 0.6 is 0 Å². The fraction of sp³-hybridized carbons (Fsp3) is 0.923. The summed E-state index contributed by atoms with van der Waals surface area (Å²) >= 11 is 0. The van der Waals surface area contributed by atoms with Crippen LogP contribution in [0.1, 0.15) is 40.5 Å². The molecule has 0 amide bonds. The van der Waals surface area contributed by atoms with Crippen molar-refractivity contribution in [3.63, 3.8) is 0 Å². The van der Waals surface area contributed by atoms with Crippen LogP contribution in [-0.2, 0) is 0 Å². The molecule has 0 aromatic rings. The minimum absolute atomic E-state index is 0.363. The molecule has 1 aliphatic heterocycles. The van der Waals surface area contributed by atoms with E-state index in [9.17, 15) is 5.26 Å². The van der Waals surface area contributed by atoms with Gasteiger partial charge >= 0.3 is 0 Å². The van der Waals surface area contributed by atoms with Gasteiger partial charge in [0.25, 0.3) is 0 Å². The van der Waals surface area contributed by atoms with E-state index in [0.29, 0.717) is 6.04 Å². The van der Waals surface area contributed by atoms with Crippen LogP contribution < -0.4 is 5.32 Å². The van der Waals surface area contributed by atoms with E-state index in [-0.39, 0.29) is 5.54 Å². The molecule has 1 rings (SSSR count). The molecule has 0 bridgehead atoms. The van der Waals surface area contributed by atoms with Crippen molar-refractivity contribution in [2.24, 2.45) is 5.92 Å². The summed E-state index contributed by atoms with van der Waals surface area (Å²) in [7, 11) is 0. The number of nitriles is 1. The molecule has 1 aliphatic rings. The molecule has 0 radical (unpaired) electrons. The Morgan fingerprint density at radius 3 is 2.69 bits per heavy atom. The minimum atomic E-state index is -0.375. The third-order valence-electron chi connectivity index (χ3n) is 3.29. The topological polar surface area (TPSA) is 39.1 Å². The van der Waals surface area contributed by atoms with Crippen molar-refractivity contribution in [1.29, 1.82) is 5.26 Å². The average molecular weight is 223 g/mol. The predicted molar refractivity (Wildman–Crippen MR) is 67.1 cm³/mol. The van der Waals surface area contributed by atoms with Gasteiger partial charge in [0.2, 0.25) is 0 Å². The lowest BCUT2D eigenvalue weighted by atomic mass is 9.98. The largest absolute Gasteiger partial charge is 0.303 e. The van der Waals surface area contributed by atoms with Crippen LogP contribution in [-0.4, -0.2) is 36.1 Å². The molecule has 0 aromatic heterocycles. The van der Waals surface area contributed by atoms with Crippen molar-refractivity contribution in [2.75, 3.05) is 19.6 Å². The van der Waals surface area contributed by atoms with Gasteiger partial charge < -0.3 is 4.90 Å². The van der Waals surface area contributed by atoms with Crippen LogP contribution in [0.15, 0.2) is 0 Å². The number of rotatable bonds is 5. The standard InChI is InChI=1S/C13H25N3/c1-11(2)15-13(4,10-14)6-8-16-7-5-12(3)9-16/h11-12,15H,5-9H2,1-4H3. The maximum Gasteiger partial charge on any atom is 0.105 e. The van der Waals surface area contributed by atoms with Crippen molar-refractivity contribution in [1.82, 2.24) is 10.2 Å². The average Bonchev–Trinajstić information content (AvgIpc) is 2.60. The fourth-order valence-electron chi connectivity index (χ4n) is 2.41. The summed E-state index contributed by atoms with van der Waals surface area (Å²) in [6.07, 6.45) is 2.22. The Kier molecular flexibility index (Phi) is 4.76. The summed E-state index contributed by atoms with van der Waals surface area (Å²) in [6, 6.07) is 2.77. The van der Waals surface area contributed by atoms with Gasteiger partial charge in [-0.15, -0.1) is 0 Å². The Morgan fingerprint density at radius 2 is 2.25 bits per heavy atom. The van der Waals surface area contributed by atoms with Gasteiger partial charge in [-0.3, -0.25) is 5.32 Å². The molecule has 2 atom stereocenters. The third kappa shape index (κ3) is 4.11. The number of hydrogen-bond donors (Lipinski definition) is 1. The molecular weight excluding hydrogens is 198 g/mol. The number of nitrogens with one attached hydrogen (secondary N) is 1. The summed E-state index contributed by atoms with van der Waals surface area (Å²) < 4.78 is 0. The lowest BCUT2D eigenvalue weighted by Gasteiger charge is -2.28. The molecule has 0 aliphatic carbocycles. The first-order valence-electron chi connectivity index (χ1n) is 6.36. The molecule has 0 saturated carbocycles. The third-order valence-corrected chi connectivity index (χ3v) is 3.29. The molecule has 3 heteroatoms. The molecule has 1 heterocycles. The Morgan fingerprint density at radius 1 is 1.56 bits per heavy atom. The van der Waals surface area contributed by atoms with Gasteiger partial charge in [0.1, 0.15) is 5.54 Å². The molecule has 1 fully saturated rings. The summed E-state index contributed by atoms with van der Waals surface area (Å²) in [4.78, 5) is 2.47. The smallest absolute Gasteiger partial charge is 0.105 e. The van der Waals surface area contributed by atoms with Crippen LogP contribution in [0.2, 0.25) is 0 Å². The van der Waals surface area contributed by atoms with Gasteiger partial charge in [-0.05, 0) is 46.1 Å². The molecule has 1 saturated heterocycles. The van der Waals surface area contributed by atoms with Crippen LogP contribution in [0.25, 0.3) is 0 Å². The maximum absolute atomic E-state index is 9.23. The predicted octanol–water partition coefficient (Wildman–Crippen LogP) is 2.00. The zero-order valence-corrected chi connectivity index (χ0v) is 11.1. The van der Waals surface area contributed by atoms with E-state index in [1.165, 1.54) is 19.5 Å². The van der Waals surface area contributed by atoms with Crippen LogP contribution in [0.4, 0.5) is 0 Å². The van der Waals surface area contributed by atoms with Gasteiger partial charge in [-0.1, -0.05) is 6.92 Å². The number of likely N-dealkylation sites (tertiary alicyclic amines) is 1. The zero-order valence-electron chi connectivity index (χ0n) is 11.1. The lowest BCUT2D eigenvalue weighted by molar-refractivity contribution is 0.275. The lowest BCUT2D eigenvalue weighted by Crippen LogP contribution is -2.47. The first kappa shape index (κ1) is 13.5. The zero-order chi connectivity index (χ0) is 12.2. The monoisotopic (exact) mass is 223 g/mol. The second kappa shape index (κ2) is 5.65. The van der Waals surface area contributed by atoms with Crippen LogP contribution in [0.5, 0.6) is 0 Å². The van der Waals surface area contributed by atoms with E-state index >= 15 is 0 Å². The second-order valence-electron chi connectivity index (χ2n) is 5.69. The summed E-state index contributed by atoms with van der Waals surface area (Å²) in [6.45, 7) is 11.9. The maximum atomic E-state index is 9.23. The summed E-state index contributed by atoms with van der Waals surface area (Å²) in [5.74, 6) is 0.825. The van der Waals surface area contributed by atoms with Crippen LogP contribution in [0.3, 0.4) is 0 Å². The Labute approximate surface area is 99.8 Å². The molecule has 2 unspecified atom stereocenters. The van der Waals surface area contributed by atoms with E-state index in [0.717, 1.165) is 18.9 Å². The Hall–Kier alpha value is -0.590. The van der Waals surface area contributed by atoms with Gasteiger partial charge in [0.05, 0.1) is 6.07 Å². The highest BCUT2D eigenvalue weighted by atomic mass is 15.1. The molecule has 92 valence electrons. The first-order chi connectivity index (χ1) is 7.45. The molecule has 16 heavy (non-hydrogen) atoms. The quantitative estimate of drug-likeness (QED) is 0.775. The second-order valence-corrected chi connectivity index (χ2v) is 5.69. The Balaban J connectivity index is 2.37. The van der Waals surface area contributed by atoms with Crippen molar-refractivity contribution in [3.05, 3.63) is 0 Å². The minimum Gasteiger partial charge on any atom is -0.303 e. The van der Waals surface area contributed by atoms with Crippen LogP contribution in [0, 0.1) is 17.2 Å². The normalized spacial score (nSPS) is 25.6. The molecule has 3 nitrogen and oxygen atoms in total. The van der Waals surface area contributed by atoms with E-state index < -0.39 is 0 Å². The van der Waals surface area contributed by atoms with E-state index in [1.807, 2.05) is 6.92 Å². The van der Waals surface area contributed by atoms with Crippen molar-refractivity contribution >= 4 is 0 Å². The molecule has 1 N–H and O–H groups in total. The Bertz CT molecular complexity index is 256. The van der Waals surface area contributed by atoms with Crippen molar-refractivity contribution in [3.8, 4) is 6.07 Å². The van der Waals surface area contributed by atoms with Crippen molar-refractivity contribution in [2.45, 2.75) is 52.1 Å². The van der Waals surface area contributed by atoms with E-state index in [2.05, 4.69) is 37.1 Å². The van der Waals surface area contributed by atoms with Gasteiger partial charge in [0, 0.05) is 19.1 Å². The van der Waals surface area contributed by atoms with E-state index in [4.69, 9.17) is 0 Å². The summed E-state index contributed by atoms with van der Waals surface area (Å²) in [5, 5.41) is 12.6. The van der Waals surface area contributed by atoms with Gasteiger partial charge in [0.15, 0.2) is 0 Å². The highest BCUT2D eigenvalue weighted by Gasteiger charge is 2.26. The highest BCUT2D eigenvalue weighted by molar-refractivity contribution is 5.04. The molecular formula is C13H25N3. The highest BCUT2D eigenvalue weighted by Crippen LogP contribution is 2.18. The summed E-state index contributed by atoms with van der Waals surface area (Å²) in [5.41, 5.74) is -0.375. The SMILES string of the molecule is CC1CCN(CCC(C)(C#N)NC(C)C)C1. The molecule has 0 spiro atoms. The van der Waals surface area contributed by atoms with Gasteiger partial charge in [-0.25, -0.2) is 0 Å². The first-order valence-corrected chi connectivity index (χ1v) is 6.36. The molecule has 0 aromatic carbocycles.